The summed E-state index contributed by atoms with van der Waals surface area (Å²) < 4.78 is 41.6. The number of pyridine rings is 1. The van der Waals surface area contributed by atoms with E-state index in [0.29, 0.717) is 33.9 Å². The van der Waals surface area contributed by atoms with Crippen molar-refractivity contribution in [2.75, 3.05) is 0 Å². The molecule has 2 aromatic heterocycles. The van der Waals surface area contributed by atoms with E-state index in [0.717, 1.165) is 29.8 Å². The first-order valence-electron chi connectivity index (χ1n) is 11.4. The third kappa shape index (κ3) is 5.68. The number of alkyl halides is 3. The molecular weight excluding hydrogens is 475 g/mol. The van der Waals surface area contributed by atoms with Crippen LogP contribution in [0.5, 0.6) is 0 Å². The number of carbonyl (C=O) groups excluding carboxylic acids is 1. The summed E-state index contributed by atoms with van der Waals surface area (Å²) >= 11 is 6.06. The summed E-state index contributed by atoms with van der Waals surface area (Å²) in [5.74, 6) is -0.0645. The van der Waals surface area contributed by atoms with Gasteiger partial charge in [-0.3, -0.25) is 4.79 Å². The van der Waals surface area contributed by atoms with Crippen LogP contribution in [0.25, 0.3) is 28.0 Å². The molecule has 0 saturated carbocycles. The van der Waals surface area contributed by atoms with Crippen molar-refractivity contribution in [2.24, 2.45) is 0 Å². The lowest BCUT2D eigenvalue weighted by Crippen LogP contribution is -2.32. The largest absolute Gasteiger partial charge is 0.416 e. The highest BCUT2D eigenvalue weighted by Crippen LogP contribution is 2.33. The number of nitrogens with zero attached hydrogens (tertiary/aromatic N) is 2. The zero-order chi connectivity index (χ0) is 25.2. The second-order valence-corrected chi connectivity index (χ2v) is 8.95. The standard InChI is InChI=1S/C27H25ClF3N3O/c1-3-17(2)32-25(35)14-12-23-26(18-7-10-22(28)11-8-18)33-24-13-9-20(16-34(23)24)19-5-4-6-21(15-19)27(29,30)31/h4-11,13,15-17H,3,12,14H2,1-2H3,(H,32,35)/t17-/m1/s1. The molecule has 8 heteroatoms. The van der Waals surface area contributed by atoms with E-state index in [1.807, 2.05) is 30.4 Å². The normalized spacial score (nSPS) is 12.6. The summed E-state index contributed by atoms with van der Waals surface area (Å²) in [6.45, 7) is 3.95. The van der Waals surface area contributed by atoms with Crippen molar-refractivity contribution in [1.29, 1.82) is 0 Å². The lowest BCUT2D eigenvalue weighted by Gasteiger charge is -2.12. The summed E-state index contributed by atoms with van der Waals surface area (Å²) in [6, 6.07) is 16.1. The fraction of sp³-hybridized carbons (Fsp3) is 0.259. The van der Waals surface area contributed by atoms with Gasteiger partial charge in [-0.2, -0.15) is 13.2 Å². The molecule has 2 heterocycles. The number of halogens is 4. The third-order valence-electron chi connectivity index (χ3n) is 5.97. The number of benzene rings is 2. The summed E-state index contributed by atoms with van der Waals surface area (Å²) in [5, 5.41) is 3.57. The summed E-state index contributed by atoms with van der Waals surface area (Å²) in [5.41, 5.74) is 3.36. The molecule has 4 rings (SSSR count). The Morgan fingerprint density at radius 1 is 1.06 bits per heavy atom. The van der Waals surface area contributed by atoms with Crippen LogP contribution in [-0.2, 0) is 17.4 Å². The molecule has 35 heavy (non-hydrogen) atoms. The molecule has 0 fully saturated rings. The molecule has 1 N–H and O–H groups in total. The van der Waals surface area contributed by atoms with Crippen LogP contribution >= 0.6 is 11.6 Å². The third-order valence-corrected chi connectivity index (χ3v) is 6.22. The Morgan fingerprint density at radius 2 is 1.77 bits per heavy atom. The molecule has 0 saturated heterocycles. The number of aryl methyl sites for hydroxylation is 1. The van der Waals surface area contributed by atoms with E-state index in [2.05, 4.69) is 5.32 Å². The summed E-state index contributed by atoms with van der Waals surface area (Å²) in [4.78, 5) is 17.3. The molecular formula is C27H25ClF3N3O. The van der Waals surface area contributed by atoms with Gasteiger partial charge in [0.15, 0.2) is 0 Å². The predicted molar refractivity (Wildman–Crippen MR) is 132 cm³/mol. The minimum atomic E-state index is -4.43. The Bertz CT molecular complexity index is 1350. The number of carbonyl (C=O) groups is 1. The number of hydrogen-bond acceptors (Lipinski definition) is 2. The first-order chi connectivity index (χ1) is 16.7. The highest BCUT2D eigenvalue weighted by atomic mass is 35.5. The molecule has 0 spiro atoms. The molecule has 182 valence electrons. The van der Waals surface area contributed by atoms with Crippen molar-refractivity contribution in [3.63, 3.8) is 0 Å². The van der Waals surface area contributed by atoms with Crippen molar-refractivity contribution >= 4 is 23.2 Å². The van der Waals surface area contributed by atoms with Gasteiger partial charge in [-0.15, -0.1) is 0 Å². The Hall–Kier alpha value is -3.32. The van der Waals surface area contributed by atoms with Crippen LogP contribution in [0.3, 0.4) is 0 Å². The quantitative estimate of drug-likeness (QED) is 0.292. The molecule has 2 aromatic carbocycles. The van der Waals surface area contributed by atoms with Gasteiger partial charge in [0, 0.05) is 29.2 Å². The van der Waals surface area contributed by atoms with E-state index < -0.39 is 11.7 Å². The molecule has 0 radical (unpaired) electrons. The minimum Gasteiger partial charge on any atom is -0.354 e. The first kappa shape index (κ1) is 24.8. The molecule has 0 aliphatic rings. The topological polar surface area (TPSA) is 46.4 Å². The Kier molecular flexibility index (Phi) is 7.17. The van der Waals surface area contributed by atoms with Crippen molar-refractivity contribution in [3.05, 3.63) is 83.1 Å². The maximum atomic E-state index is 13.2. The van der Waals surface area contributed by atoms with Gasteiger partial charge in [-0.25, -0.2) is 4.98 Å². The van der Waals surface area contributed by atoms with Gasteiger partial charge in [0.1, 0.15) is 5.65 Å². The minimum absolute atomic E-state index is 0.0645. The van der Waals surface area contributed by atoms with Gasteiger partial charge < -0.3 is 9.72 Å². The zero-order valence-corrected chi connectivity index (χ0v) is 20.1. The van der Waals surface area contributed by atoms with Crippen LogP contribution in [0.1, 0.15) is 37.9 Å². The van der Waals surface area contributed by atoms with Crippen LogP contribution in [0.15, 0.2) is 66.9 Å². The van der Waals surface area contributed by atoms with E-state index in [4.69, 9.17) is 16.6 Å². The number of rotatable bonds is 7. The molecule has 1 amide bonds. The predicted octanol–water partition coefficient (Wildman–Crippen LogP) is 7.19. The molecule has 4 aromatic rings. The van der Waals surface area contributed by atoms with Crippen molar-refractivity contribution in [2.45, 2.75) is 45.3 Å². The molecule has 0 aliphatic heterocycles. The highest BCUT2D eigenvalue weighted by molar-refractivity contribution is 6.30. The van der Waals surface area contributed by atoms with Crippen molar-refractivity contribution < 1.29 is 18.0 Å². The Balaban J connectivity index is 1.77. The van der Waals surface area contributed by atoms with E-state index in [9.17, 15) is 18.0 Å². The van der Waals surface area contributed by atoms with E-state index in [1.54, 1.807) is 36.5 Å². The molecule has 0 bridgehead atoms. The SMILES string of the molecule is CC[C@@H](C)NC(=O)CCc1c(-c2ccc(Cl)cc2)nc2ccc(-c3cccc(C(F)(F)F)c3)cn12. The van der Waals surface area contributed by atoms with Crippen LogP contribution < -0.4 is 5.32 Å². The fourth-order valence-corrected chi connectivity index (χ4v) is 4.02. The van der Waals surface area contributed by atoms with Gasteiger partial charge in [0.2, 0.25) is 5.91 Å². The Morgan fingerprint density at radius 3 is 2.46 bits per heavy atom. The van der Waals surface area contributed by atoms with Crippen LogP contribution in [0.4, 0.5) is 13.2 Å². The summed E-state index contributed by atoms with van der Waals surface area (Å²) in [7, 11) is 0. The molecule has 0 aliphatic carbocycles. The van der Waals surface area contributed by atoms with E-state index in [-0.39, 0.29) is 18.4 Å². The van der Waals surface area contributed by atoms with Crippen LogP contribution in [0.2, 0.25) is 5.02 Å². The van der Waals surface area contributed by atoms with Gasteiger partial charge in [-0.1, -0.05) is 42.8 Å². The van der Waals surface area contributed by atoms with E-state index >= 15 is 0 Å². The average molecular weight is 500 g/mol. The number of aromatic nitrogens is 2. The number of amides is 1. The molecule has 1 atom stereocenters. The monoisotopic (exact) mass is 499 g/mol. The average Bonchev–Trinajstić information content (AvgIpc) is 3.20. The van der Waals surface area contributed by atoms with Crippen LogP contribution in [0, 0.1) is 0 Å². The van der Waals surface area contributed by atoms with Gasteiger partial charge in [0.05, 0.1) is 17.0 Å². The lowest BCUT2D eigenvalue weighted by atomic mass is 10.0. The fourth-order valence-electron chi connectivity index (χ4n) is 3.90. The smallest absolute Gasteiger partial charge is 0.354 e. The number of imidazole rings is 1. The molecule has 4 nitrogen and oxygen atoms in total. The van der Waals surface area contributed by atoms with Crippen molar-refractivity contribution in [1.82, 2.24) is 14.7 Å². The van der Waals surface area contributed by atoms with Crippen LogP contribution in [-0.4, -0.2) is 21.3 Å². The van der Waals surface area contributed by atoms with Gasteiger partial charge >= 0.3 is 6.18 Å². The Labute approximate surface area is 206 Å². The summed E-state index contributed by atoms with van der Waals surface area (Å²) in [6.07, 6.45) is -1.15. The van der Waals surface area contributed by atoms with Crippen molar-refractivity contribution in [3.8, 4) is 22.4 Å². The zero-order valence-electron chi connectivity index (χ0n) is 19.4. The van der Waals surface area contributed by atoms with E-state index in [1.165, 1.54) is 6.07 Å². The maximum absolute atomic E-state index is 13.2. The maximum Gasteiger partial charge on any atom is 0.416 e. The highest BCUT2D eigenvalue weighted by Gasteiger charge is 2.30. The number of nitrogens with one attached hydrogen (secondary N) is 1. The second-order valence-electron chi connectivity index (χ2n) is 8.52. The number of fused-ring (bicyclic) bond motifs is 1. The second kappa shape index (κ2) is 10.1. The first-order valence-corrected chi connectivity index (χ1v) is 11.8. The number of hydrogen-bond donors (Lipinski definition) is 1. The van der Waals surface area contributed by atoms with Gasteiger partial charge in [0.25, 0.3) is 0 Å². The van der Waals surface area contributed by atoms with Gasteiger partial charge in [-0.05, 0) is 67.3 Å². The molecule has 0 unspecified atom stereocenters. The lowest BCUT2D eigenvalue weighted by molar-refractivity contribution is -0.137.